The molecule has 7 nitrogen and oxygen atoms in total. The van der Waals surface area contributed by atoms with Crippen LogP contribution >= 0.6 is 0 Å². The van der Waals surface area contributed by atoms with E-state index in [1.807, 2.05) is 0 Å². The first-order chi connectivity index (χ1) is 14.7. The molecule has 0 spiro atoms. The highest BCUT2D eigenvalue weighted by molar-refractivity contribution is 5.90. The Labute approximate surface area is 177 Å². The van der Waals surface area contributed by atoms with Crippen LogP contribution in [0.25, 0.3) is 4.85 Å². The standard InChI is InChI=1S/C21H22F3N5O2/c1-3-20(31)7-8-21(23,24)18-14-11-28(9-6-16(14)27-29(18)12-20)19(30)26-13-4-5-15(22)17(10-13)25-2/h4-5,10,31H,3,6-9,11-12H2,1H3,(H,26,30)/t20-/m0/s1. The van der Waals surface area contributed by atoms with Gasteiger partial charge in [-0.05, 0) is 31.0 Å². The largest absolute Gasteiger partial charge is 0.388 e. The van der Waals surface area contributed by atoms with Gasteiger partial charge < -0.3 is 15.3 Å². The van der Waals surface area contributed by atoms with Crippen LogP contribution in [0.5, 0.6) is 0 Å². The molecule has 0 bridgehead atoms. The fourth-order valence-electron chi connectivity index (χ4n) is 4.16. The van der Waals surface area contributed by atoms with Gasteiger partial charge in [-0.2, -0.15) is 13.9 Å². The van der Waals surface area contributed by atoms with Crippen molar-refractivity contribution in [1.82, 2.24) is 14.7 Å². The van der Waals surface area contributed by atoms with Crippen molar-refractivity contribution in [2.45, 2.75) is 57.2 Å². The molecule has 0 aliphatic carbocycles. The Hall–Kier alpha value is -3.06. The summed E-state index contributed by atoms with van der Waals surface area (Å²) in [5.74, 6) is -3.85. The summed E-state index contributed by atoms with van der Waals surface area (Å²) in [7, 11) is 0. The second-order valence-electron chi connectivity index (χ2n) is 8.09. The van der Waals surface area contributed by atoms with E-state index in [1.165, 1.54) is 21.7 Å². The zero-order valence-electron chi connectivity index (χ0n) is 17.0. The minimum Gasteiger partial charge on any atom is -0.388 e. The molecule has 2 aliphatic rings. The molecule has 1 atom stereocenters. The average Bonchev–Trinajstić information content (AvgIpc) is 3.06. The number of hydrogen-bond acceptors (Lipinski definition) is 3. The third kappa shape index (κ3) is 3.85. The highest BCUT2D eigenvalue weighted by atomic mass is 19.3. The van der Waals surface area contributed by atoms with E-state index in [9.17, 15) is 23.1 Å². The second-order valence-corrected chi connectivity index (χ2v) is 8.09. The molecule has 4 rings (SSSR count). The molecule has 0 saturated heterocycles. The summed E-state index contributed by atoms with van der Waals surface area (Å²) in [4.78, 5) is 17.2. The molecule has 2 aromatic rings. The monoisotopic (exact) mass is 433 g/mol. The summed E-state index contributed by atoms with van der Waals surface area (Å²) < 4.78 is 44.7. The Morgan fingerprint density at radius 1 is 1.39 bits per heavy atom. The molecular formula is C21H22F3N5O2. The van der Waals surface area contributed by atoms with Crippen LogP contribution in [0.4, 0.5) is 29.3 Å². The molecule has 1 aromatic heterocycles. The number of nitrogens with one attached hydrogen (secondary N) is 1. The molecule has 0 unspecified atom stereocenters. The normalized spacial score (nSPS) is 22.1. The van der Waals surface area contributed by atoms with Gasteiger partial charge in [0.25, 0.3) is 5.92 Å². The number of anilines is 1. The van der Waals surface area contributed by atoms with Gasteiger partial charge in [0, 0.05) is 30.6 Å². The first-order valence-electron chi connectivity index (χ1n) is 10.1. The summed E-state index contributed by atoms with van der Waals surface area (Å²) in [6, 6.07) is 3.12. The molecule has 1 aromatic carbocycles. The molecule has 2 amide bonds. The van der Waals surface area contributed by atoms with Crippen LogP contribution in [0, 0.1) is 12.4 Å². The van der Waals surface area contributed by atoms with Crippen LogP contribution in [-0.2, 0) is 25.4 Å². The van der Waals surface area contributed by atoms with Gasteiger partial charge >= 0.3 is 6.03 Å². The van der Waals surface area contributed by atoms with Crippen molar-refractivity contribution >= 4 is 17.4 Å². The van der Waals surface area contributed by atoms with E-state index >= 15 is 0 Å². The third-order valence-corrected chi connectivity index (χ3v) is 6.06. The van der Waals surface area contributed by atoms with Gasteiger partial charge in [-0.3, -0.25) is 4.68 Å². The molecule has 31 heavy (non-hydrogen) atoms. The summed E-state index contributed by atoms with van der Waals surface area (Å²) in [6.07, 6.45) is 0.120. The van der Waals surface area contributed by atoms with E-state index in [-0.39, 0.29) is 43.1 Å². The fraction of sp³-hybridized carbons (Fsp3) is 0.476. The maximum absolute atomic E-state index is 15.0. The van der Waals surface area contributed by atoms with Crippen molar-refractivity contribution in [2.75, 3.05) is 11.9 Å². The van der Waals surface area contributed by atoms with Gasteiger partial charge in [-0.15, -0.1) is 0 Å². The van der Waals surface area contributed by atoms with Gasteiger partial charge in [0.05, 0.1) is 31.0 Å². The van der Waals surface area contributed by atoms with Crippen LogP contribution in [0.3, 0.4) is 0 Å². The van der Waals surface area contributed by atoms with Crippen LogP contribution in [0.15, 0.2) is 18.2 Å². The van der Waals surface area contributed by atoms with E-state index in [0.717, 1.165) is 6.07 Å². The van der Waals surface area contributed by atoms with Crippen molar-refractivity contribution < 1.29 is 23.1 Å². The van der Waals surface area contributed by atoms with E-state index in [4.69, 9.17) is 6.57 Å². The molecule has 0 radical (unpaired) electrons. The van der Waals surface area contributed by atoms with Gasteiger partial charge in [0.1, 0.15) is 11.5 Å². The number of aliphatic hydroxyl groups is 1. The first kappa shape index (κ1) is 21.2. The Kier molecular flexibility index (Phi) is 5.17. The molecule has 2 aliphatic heterocycles. The number of rotatable bonds is 2. The lowest BCUT2D eigenvalue weighted by molar-refractivity contribution is -0.0416. The summed E-state index contributed by atoms with van der Waals surface area (Å²) in [6.45, 7) is 8.94. The number of benzene rings is 1. The van der Waals surface area contributed by atoms with Crippen LogP contribution in [-0.4, -0.2) is 38.0 Å². The van der Waals surface area contributed by atoms with Crippen molar-refractivity contribution in [1.29, 1.82) is 0 Å². The SMILES string of the molecule is [C-]#[N+]c1cc(NC(=O)N2CCc3nn4c(c3C2)C(F)(F)CC[C@@](O)(CC)C4)ccc1F. The first-order valence-corrected chi connectivity index (χ1v) is 10.1. The Balaban J connectivity index is 1.59. The number of nitrogens with zero attached hydrogens (tertiary/aromatic N) is 4. The number of fused-ring (bicyclic) bond motifs is 3. The predicted octanol–water partition coefficient (Wildman–Crippen LogP) is 4.19. The maximum Gasteiger partial charge on any atom is 0.322 e. The highest BCUT2D eigenvalue weighted by Gasteiger charge is 2.46. The van der Waals surface area contributed by atoms with Crippen molar-refractivity contribution in [3.63, 3.8) is 0 Å². The Bertz CT molecular complexity index is 1080. The van der Waals surface area contributed by atoms with Crippen molar-refractivity contribution in [3.8, 4) is 0 Å². The lowest BCUT2D eigenvalue weighted by Gasteiger charge is -2.28. The summed E-state index contributed by atoms with van der Waals surface area (Å²) in [5, 5.41) is 17.6. The number of carbonyl (C=O) groups excluding carboxylic acids is 1. The molecule has 10 heteroatoms. The number of hydrogen-bond donors (Lipinski definition) is 2. The average molecular weight is 433 g/mol. The van der Waals surface area contributed by atoms with E-state index in [0.29, 0.717) is 24.1 Å². The van der Waals surface area contributed by atoms with E-state index in [2.05, 4.69) is 15.3 Å². The topological polar surface area (TPSA) is 74.8 Å². The minimum absolute atomic E-state index is 0.0113. The van der Waals surface area contributed by atoms with Gasteiger partial charge in [0.2, 0.25) is 5.69 Å². The number of alkyl halides is 2. The van der Waals surface area contributed by atoms with Gasteiger partial charge in [-0.25, -0.2) is 14.0 Å². The van der Waals surface area contributed by atoms with Crippen LogP contribution in [0.1, 0.15) is 43.1 Å². The number of amides is 2. The smallest absolute Gasteiger partial charge is 0.322 e. The van der Waals surface area contributed by atoms with Gasteiger partial charge in [-0.1, -0.05) is 6.92 Å². The lowest BCUT2D eigenvalue weighted by Crippen LogP contribution is -2.39. The Morgan fingerprint density at radius 2 is 2.16 bits per heavy atom. The number of aromatic nitrogens is 2. The van der Waals surface area contributed by atoms with Crippen LogP contribution < -0.4 is 5.32 Å². The number of carbonyl (C=O) groups is 1. The quantitative estimate of drug-likeness (QED) is 0.698. The van der Waals surface area contributed by atoms with E-state index in [1.54, 1.807) is 6.92 Å². The molecule has 2 N–H and O–H groups in total. The van der Waals surface area contributed by atoms with Crippen molar-refractivity contribution in [2.24, 2.45) is 0 Å². The summed E-state index contributed by atoms with van der Waals surface area (Å²) >= 11 is 0. The fourth-order valence-corrected chi connectivity index (χ4v) is 4.16. The minimum atomic E-state index is -3.17. The highest BCUT2D eigenvalue weighted by Crippen LogP contribution is 2.43. The molecule has 3 heterocycles. The van der Waals surface area contributed by atoms with Gasteiger partial charge in [0.15, 0.2) is 0 Å². The van der Waals surface area contributed by atoms with Crippen LogP contribution in [0.2, 0.25) is 0 Å². The molecular weight excluding hydrogens is 411 g/mol. The zero-order chi connectivity index (χ0) is 22.4. The Morgan fingerprint density at radius 3 is 2.87 bits per heavy atom. The number of halogens is 3. The predicted molar refractivity (Wildman–Crippen MR) is 106 cm³/mol. The van der Waals surface area contributed by atoms with Crippen molar-refractivity contribution in [3.05, 3.63) is 52.4 Å². The summed E-state index contributed by atoms with van der Waals surface area (Å²) in [5.41, 5.74) is -0.631. The maximum atomic E-state index is 15.0. The lowest BCUT2D eigenvalue weighted by atomic mass is 9.93. The zero-order valence-corrected chi connectivity index (χ0v) is 17.0. The number of urea groups is 1. The molecule has 164 valence electrons. The molecule has 0 fully saturated rings. The third-order valence-electron chi connectivity index (χ3n) is 6.06. The second kappa shape index (κ2) is 7.57. The molecule has 0 saturated carbocycles. The van der Waals surface area contributed by atoms with E-state index < -0.39 is 29.8 Å².